The number of hydrogen-bond acceptors (Lipinski definition) is 5. The summed E-state index contributed by atoms with van der Waals surface area (Å²) in [6.45, 7) is -0.279. The summed E-state index contributed by atoms with van der Waals surface area (Å²) >= 11 is 2.88. The molecule has 1 aromatic rings. The van der Waals surface area contributed by atoms with Crippen LogP contribution in [0.5, 0.6) is 11.5 Å². The van der Waals surface area contributed by atoms with Crippen LogP contribution in [0.25, 0.3) is 0 Å². The second-order valence-electron chi connectivity index (χ2n) is 3.10. The molecule has 0 fully saturated rings. The van der Waals surface area contributed by atoms with Crippen LogP contribution in [-0.2, 0) is 14.9 Å². The number of ether oxygens (including phenoxy) is 2. The van der Waals surface area contributed by atoms with Crippen LogP contribution in [0.3, 0.4) is 0 Å². The van der Waals surface area contributed by atoms with Gasteiger partial charge in [0.15, 0.2) is 18.3 Å². The third-order valence-electron chi connectivity index (χ3n) is 1.74. The summed E-state index contributed by atoms with van der Waals surface area (Å²) in [5.74, 6) is -0.805. The summed E-state index contributed by atoms with van der Waals surface area (Å²) in [5, 5.41) is 0. The number of benzene rings is 1. The van der Waals surface area contributed by atoms with Gasteiger partial charge in [-0.25, -0.2) is 0 Å². The van der Waals surface area contributed by atoms with Crippen LogP contribution in [0.1, 0.15) is 0 Å². The molecule has 0 aliphatic heterocycles. The monoisotopic (exact) mass is 364 g/mol. The zero-order valence-electron chi connectivity index (χ0n) is 9.40. The first-order valence-corrected chi connectivity index (χ1v) is 6.80. The summed E-state index contributed by atoms with van der Waals surface area (Å²) in [5.41, 5.74) is -5.53. The van der Waals surface area contributed by atoms with Gasteiger partial charge >= 0.3 is 15.6 Å². The Morgan fingerprint density at radius 1 is 1.32 bits per heavy atom. The highest BCUT2D eigenvalue weighted by Gasteiger charge is 2.49. The van der Waals surface area contributed by atoms with Gasteiger partial charge in [-0.2, -0.15) is 21.6 Å². The molecule has 0 radical (unpaired) electrons. The van der Waals surface area contributed by atoms with E-state index in [1.54, 1.807) is 0 Å². The molecule has 0 amide bonds. The average molecular weight is 365 g/mol. The Hall–Kier alpha value is -1.00. The third kappa shape index (κ3) is 3.98. The van der Waals surface area contributed by atoms with Crippen molar-refractivity contribution < 1.29 is 35.2 Å². The maximum Gasteiger partial charge on any atom is 0.534 e. The summed E-state index contributed by atoms with van der Waals surface area (Å²) in [6, 6.07) is 3.98. The van der Waals surface area contributed by atoms with E-state index in [0.29, 0.717) is 0 Å². The van der Waals surface area contributed by atoms with Crippen LogP contribution in [0, 0.1) is 0 Å². The quantitative estimate of drug-likeness (QED) is 0.456. The lowest BCUT2D eigenvalue weighted by Crippen LogP contribution is -2.28. The molecule has 0 aliphatic rings. The number of halogens is 4. The van der Waals surface area contributed by atoms with Gasteiger partial charge in [-0.1, -0.05) is 6.07 Å². The molecular formula is C9H8BrF3O5S. The second-order valence-corrected chi connectivity index (χ2v) is 5.49. The molecule has 0 saturated heterocycles. The van der Waals surface area contributed by atoms with Gasteiger partial charge in [0.25, 0.3) is 0 Å². The molecular weight excluding hydrogens is 357 g/mol. The van der Waals surface area contributed by atoms with Crippen molar-refractivity contribution in [1.29, 1.82) is 0 Å². The van der Waals surface area contributed by atoms with Gasteiger partial charge in [-0.3, -0.25) is 0 Å². The van der Waals surface area contributed by atoms with Crippen LogP contribution in [-0.4, -0.2) is 27.8 Å². The first kappa shape index (κ1) is 16.1. The Bertz CT molecular complexity index is 543. The predicted octanol–water partition coefficient (Wildman–Crippen LogP) is 2.66. The van der Waals surface area contributed by atoms with Crippen LogP contribution >= 0.6 is 15.9 Å². The normalized spacial score (nSPS) is 12.3. The minimum Gasteiger partial charge on any atom is -0.464 e. The van der Waals surface area contributed by atoms with E-state index in [9.17, 15) is 21.6 Å². The first-order chi connectivity index (χ1) is 8.69. The first-order valence-electron chi connectivity index (χ1n) is 4.60. The number of para-hydroxylation sites is 1. The van der Waals surface area contributed by atoms with Crippen molar-refractivity contribution in [3.8, 4) is 11.5 Å². The van der Waals surface area contributed by atoms with E-state index in [2.05, 4.69) is 24.8 Å². The third-order valence-corrected chi connectivity index (χ3v) is 3.32. The standard InChI is InChI=1S/C9H8BrF3O5S/c1-16-5-17-7-4-2-3-6(10)8(7)18-19(14,15)9(11,12)13/h2-4H,5H2,1H3. The molecule has 0 N–H and O–H groups in total. The van der Waals surface area contributed by atoms with Crippen molar-refractivity contribution in [3.63, 3.8) is 0 Å². The fourth-order valence-corrected chi connectivity index (χ4v) is 1.98. The summed E-state index contributed by atoms with van der Waals surface area (Å²) < 4.78 is 72.1. The fraction of sp³-hybridized carbons (Fsp3) is 0.333. The summed E-state index contributed by atoms with van der Waals surface area (Å²) in [4.78, 5) is 0. The van der Waals surface area contributed by atoms with Crippen LogP contribution in [0.15, 0.2) is 22.7 Å². The molecule has 0 heterocycles. The van der Waals surface area contributed by atoms with Crippen molar-refractivity contribution in [2.45, 2.75) is 5.51 Å². The largest absolute Gasteiger partial charge is 0.534 e. The van der Waals surface area contributed by atoms with Crippen LogP contribution < -0.4 is 8.92 Å². The molecule has 0 unspecified atom stereocenters. The van der Waals surface area contributed by atoms with Crippen molar-refractivity contribution in [1.82, 2.24) is 0 Å². The van der Waals surface area contributed by atoms with E-state index in [-0.39, 0.29) is 17.0 Å². The summed E-state index contributed by atoms with van der Waals surface area (Å²) in [6.07, 6.45) is 0. The van der Waals surface area contributed by atoms with Gasteiger partial charge in [0, 0.05) is 7.11 Å². The molecule has 108 valence electrons. The highest BCUT2D eigenvalue weighted by Crippen LogP contribution is 2.38. The highest BCUT2D eigenvalue weighted by atomic mass is 79.9. The number of methoxy groups -OCH3 is 1. The highest BCUT2D eigenvalue weighted by molar-refractivity contribution is 9.10. The molecule has 0 atom stereocenters. The van der Waals surface area contributed by atoms with Crippen molar-refractivity contribution >= 4 is 26.0 Å². The molecule has 0 aromatic heterocycles. The van der Waals surface area contributed by atoms with Gasteiger partial charge in [0.2, 0.25) is 0 Å². The van der Waals surface area contributed by atoms with E-state index >= 15 is 0 Å². The van der Waals surface area contributed by atoms with Gasteiger partial charge in [-0.15, -0.1) is 0 Å². The second kappa shape index (κ2) is 5.97. The Morgan fingerprint density at radius 3 is 2.47 bits per heavy atom. The van der Waals surface area contributed by atoms with Crippen molar-refractivity contribution in [2.75, 3.05) is 13.9 Å². The van der Waals surface area contributed by atoms with E-state index in [1.807, 2.05) is 0 Å². The number of rotatable bonds is 5. The minimum atomic E-state index is -5.77. The van der Waals surface area contributed by atoms with E-state index < -0.39 is 21.4 Å². The number of alkyl halides is 3. The predicted molar refractivity (Wildman–Crippen MR) is 62.2 cm³/mol. The molecule has 0 spiro atoms. The lowest BCUT2D eigenvalue weighted by Gasteiger charge is -2.14. The van der Waals surface area contributed by atoms with E-state index in [4.69, 9.17) is 4.74 Å². The average Bonchev–Trinajstić information content (AvgIpc) is 2.28. The maximum absolute atomic E-state index is 12.2. The zero-order chi connectivity index (χ0) is 14.7. The van der Waals surface area contributed by atoms with Gasteiger partial charge < -0.3 is 13.7 Å². The SMILES string of the molecule is COCOc1cccc(Br)c1OS(=O)(=O)C(F)(F)F. The molecule has 19 heavy (non-hydrogen) atoms. The van der Waals surface area contributed by atoms with E-state index in [1.165, 1.54) is 25.3 Å². The Labute approximate surface area is 115 Å². The zero-order valence-corrected chi connectivity index (χ0v) is 11.8. The molecule has 0 bridgehead atoms. The molecule has 5 nitrogen and oxygen atoms in total. The lowest BCUT2D eigenvalue weighted by atomic mass is 10.3. The smallest absolute Gasteiger partial charge is 0.464 e. The van der Waals surface area contributed by atoms with Crippen molar-refractivity contribution in [2.24, 2.45) is 0 Å². The number of hydrogen-bond donors (Lipinski definition) is 0. The van der Waals surface area contributed by atoms with Crippen LogP contribution in [0.4, 0.5) is 13.2 Å². The lowest BCUT2D eigenvalue weighted by molar-refractivity contribution is -0.0501. The van der Waals surface area contributed by atoms with Crippen LogP contribution in [0.2, 0.25) is 0 Å². The summed E-state index contributed by atoms with van der Waals surface area (Å²) in [7, 11) is -4.48. The molecule has 10 heteroatoms. The van der Waals surface area contributed by atoms with Crippen molar-refractivity contribution in [3.05, 3.63) is 22.7 Å². The Balaban J connectivity index is 3.13. The molecule has 1 rings (SSSR count). The fourth-order valence-electron chi connectivity index (χ4n) is 0.963. The minimum absolute atomic E-state index is 0.00562. The molecule has 0 aliphatic carbocycles. The Kier molecular flexibility index (Phi) is 5.04. The Morgan fingerprint density at radius 2 is 1.95 bits per heavy atom. The molecule has 0 saturated carbocycles. The molecule has 1 aromatic carbocycles. The van der Waals surface area contributed by atoms with E-state index in [0.717, 1.165) is 0 Å². The van der Waals surface area contributed by atoms with Gasteiger partial charge in [0.05, 0.1) is 4.47 Å². The topological polar surface area (TPSA) is 61.8 Å². The van der Waals surface area contributed by atoms with Gasteiger partial charge in [0.1, 0.15) is 0 Å². The van der Waals surface area contributed by atoms with Gasteiger partial charge in [-0.05, 0) is 28.1 Å². The maximum atomic E-state index is 12.2.